The smallest absolute Gasteiger partial charge is 0.162 e. The molecule has 2 aromatic rings. The number of methoxy groups -OCH3 is 1. The zero-order valence-corrected chi connectivity index (χ0v) is 12.4. The predicted octanol–water partition coefficient (Wildman–Crippen LogP) is 2.88. The molecular weight excluding hydrogens is 266 g/mol. The summed E-state index contributed by atoms with van der Waals surface area (Å²) in [5, 5.41) is 13.2. The van der Waals surface area contributed by atoms with Gasteiger partial charge in [0.1, 0.15) is 12.4 Å². The van der Waals surface area contributed by atoms with Gasteiger partial charge in [-0.15, -0.1) is 0 Å². The number of phenolic OH excluding ortho intramolecular Hbond substituents is 1. The molecule has 4 heteroatoms. The van der Waals surface area contributed by atoms with Crippen molar-refractivity contribution >= 4 is 0 Å². The van der Waals surface area contributed by atoms with Crippen LogP contribution < -0.4 is 14.8 Å². The third-order valence-corrected chi connectivity index (χ3v) is 3.16. The molecule has 0 aliphatic carbocycles. The Morgan fingerprint density at radius 1 is 1.14 bits per heavy atom. The minimum absolute atomic E-state index is 0.187. The largest absolute Gasteiger partial charge is 0.504 e. The molecule has 0 unspecified atom stereocenters. The Labute approximate surface area is 125 Å². The van der Waals surface area contributed by atoms with Crippen LogP contribution in [0.3, 0.4) is 0 Å². The Morgan fingerprint density at radius 3 is 2.71 bits per heavy atom. The van der Waals surface area contributed by atoms with E-state index in [1.165, 1.54) is 5.56 Å². The fourth-order valence-corrected chi connectivity index (χ4v) is 2.04. The molecule has 0 aliphatic heterocycles. The molecule has 0 spiro atoms. The first-order valence-corrected chi connectivity index (χ1v) is 6.95. The maximum atomic E-state index is 9.96. The third-order valence-electron chi connectivity index (χ3n) is 3.16. The van der Waals surface area contributed by atoms with Crippen molar-refractivity contribution in [2.24, 2.45) is 0 Å². The van der Waals surface area contributed by atoms with Gasteiger partial charge < -0.3 is 19.9 Å². The molecule has 4 nitrogen and oxygen atoms in total. The zero-order valence-electron chi connectivity index (χ0n) is 12.4. The van der Waals surface area contributed by atoms with Crippen LogP contribution in [0.25, 0.3) is 0 Å². The van der Waals surface area contributed by atoms with Crippen LogP contribution in [0.15, 0.2) is 42.5 Å². The molecule has 21 heavy (non-hydrogen) atoms. The Bertz CT molecular complexity index is 584. The molecule has 0 bridgehead atoms. The van der Waals surface area contributed by atoms with Crippen molar-refractivity contribution in [1.82, 2.24) is 5.32 Å². The lowest BCUT2D eigenvalue weighted by Gasteiger charge is -2.10. The molecule has 0 saturated heterocycles. The third kappa shape index (κ3) is 4.39. The molecule has 0 radical (unpaired) electrons. The number of hydrogen-bond donors (Lipinski definition) is 2. The standard InChI is InChI=1S/C17H21NO3/c1-13-5-3-7-15(11-13)21-10-9-18-12-14-6-4-8-16(20-2)17(14)19/h3-8,11,18-19H,9-10,12H2,1-2H3. The van der Waals surface area contributed by atoms with E-state index in [0.29, 0.717) is 25.4 Å². The van der Waals surface area contributed by atoms with Gasteiger partial charge in [-0.1, -0.05) is 24.3 Å². The summed E-state index contributed by atoms with van der Waals surface area (Å²) in [5.74, 6) is 1.55. The fourth-order valence-electron chi connectivity index (χ4n) is 2.04. The van der Waals surface area contributed by atoms with Crippen LogP contribution in [-0.2, 0) is 6.54 Å². The second-order valence-corrected chi connectivity index (χ2v) is 4.81. The second kappa shape index (κ2) is 7.55. The summed E-state index contributed by atoms with van der Waals surface area (Å²) in [5.41, 5.74) is 1.99. The monoisotopic (exact) mass is 287 g/mol. The molecule has 2 aromatic carbocycles. The molecule has 2 N–H and O–H groups in total. The van der Waals surface area contributed by atoms with Crippen molar-refractivity contribution in [1.29, 1.82) is 0 Å². The van der Waals surface area contributed by atoms with Gasteiger partial charge in [-0.05, 0) is 30.7 Å². The lowest BCUT2D eigenvalue weighted by atomic mass is 10.2. The number of rotatable bonds is 7. The lowest BCUT2D eigenvalue weighted by Crippen LogP contribution is -2.20. The van der Waals surface area contributed by atoms with Crippen molar-refractivity contribution in [3.05, 3.63) is 53.6 Å². The summed E-state index contributed by atoms with van der Waals surface area (Å²) < 4.78 is 10.7. The SMILES string of the molecule is COc1cccc(CNCCOc2cccc(C)c2)c1O. The highest BCUT2D eigenvalue weighted by Gasteiger charge is 2.06. The molecule has 0 aliphatic rings. The molecule has 2 rings (SSSR count). The number of ether oxygens (including phenoxy) is 2. The topological polar surface area (TPSA) is 50.7 Å². The van der Waals surface area contributed by atoms with E-state index in [4.69, 9.17) is 9.47 Å². The van der Waals surface area contributed by atoms with Crippen molar-refractivity contribution in [3.8, 4) is 17.2 Å². The van der Waals surface area contributed by atoms with Gasteiger partial charge in [0.25, 0.3) is 0 Å². The predicted molar refractivity (Wildman–Crippen MR) is 83.0 cm³/mol. The van der Waals surface area contributed by atoms with E-state index in [9.17, 15) is 5.11 Å². The highest BCUT2D eigenvalue weighted by molar-refractivity contribution is 5.45. The quantitative estimate of drug-likeness (QED) is 0.769. The zero-order chi connectivity index (χ0) is 15.1. The Morgan fingerprint density at radius 2 is 1.95 bits per heavy atom. The average Bonchev–Trinajstić information content (AvgIpc) is 2.48. The summed E-state index contributed by atoms with van der Waals surface area (Å²) >= 11 is 0. The Kier molecular flexibility index (Phi) is 5.46. The van der Waals surface area contributed by atoms with Crippen molar-refractivity contribution in [3.63, 3.8) is 0 Å². The molecule has 0 aromatic heterocycles. The van der Waals surface area contributed by atoms with Gasteiger partial charge in [0.05, 0.1) is 7.11 Å². The van der Waals surface area contributed by atoms with Crippen molar-refractivity contribution in [2.45, 2.75) is 13.5 Å². The van der Waals surface area contributed by atoms with Crippen LogP contribution in [0.4, 0.5) is 0 Å². The number of para-hydroxylation sites is 1. The van der Waals surface area contributed by atoms with Gasteiger partial charge in [-0.25, -0.2) is 0 Å². The normalized spacial score (nSPS) is 10.4. The Hall–Kier alpha value is -2.20. The minimum Gasteiger partial charge on any atom is -0.504 e. The first-order chi connectivity index (χ1) is 10.2. The first-order valence-electron chi connectivity index (χ1n) is 6.95. The van der Waals surface area contributed by atoms with Gasteiger partial charge in [-0.2, -0.15) is 0 Å². The molecule has 0 fully saturated rings. The molecule has 0 atom stereocenters. The highest BCUT2D eigenvalue weighted by Crippen LogP contribution is 2.28. The maximum Gasteiger partial charge on any atom is 0.162 e. The molecule has 112 valence electrons. The van der Waals surface area contributed by atoms with E-state index in [2.05, 4.69) is 5.32 Å². The molecule has 0 amide bonds. The van der Waals surface area contributed by atoms with Crippen LogP contribution >= 0.6 is 0 Å². The summed E-state index contributed by atoms with van der Waals surface area (Å²) in [7, 11) is 1.54. The van der Waals surface area contributed by atoms with Gasteiger partial charge in [0, 0.05) is 18.7 Å². The van der Waals surface area contributed by atoms with Crippen LogP contribution in [-0.4, -0.2) is 25.4 Å². The average molecular weight is 287 g/mol. The molecule has 0 saturated carbocycles. The maximum absolute atomic E-state index is 9.96. The number of benzene rings is 2. The number of nitrogens with one attached hydrogen (secondary N) is 1. The number of aromatic hydroxyl groups is 1. The van der Waals surface area contributed by atoms with E-state index < -0.39 is 0 Å². The number of aryl methyl sites for hydroxylation is 1. The van der Waals surface area contributed by atoms with Gasteiger partial charge in [0.2, 0.25) is 0 Å². The summed E-state index contributed by atoms with van der Waals surface area (Å²) in [4.78, 5) is 0. The van der Waals surface area contributed by atoms with E-state index in [1.54, 1.807) is 13.2 Å². The summed E-state index contributed by atoms with van der Waals surface area (Å²) in [6.07, 6.45) is 0. The van der Waals surface area contributed by atoms with Gasteiger partial charge in [-0.3, -0.25) is 0 Å². The Balaban J connectivity index is 1.75. The fraction of sp³-hybridized carbons (Fsp3) is 0.294. The van der Waals surface area contributed by atoms with Crippen LogP contribution in [0.1, 0.15) is 11.1 Å². The van der Waals surface area contributed by atoms with E-state index in [1.807, 2.05) is 43.3 Å². The van der Waals surface area contributed by atoms with Crippen LogP contribution in [0, 0.1) is 6.92 Å². The molecular formula is C17H21NO3. The highest BCUT2D eigenvalue weighted by atomic mass is 16.5. The first kappa shape index (κ1) is 15.2. The van der Waals surface area contributed by atoms with E-state index in [0.717, 1.165) is 11.3 Å². The summed E-state index contributed by atoms with van der Waals surface area (Å²) in [6, 6.07) is 13.4. The van der Waals surface area contributed by atoms with Crippen molar-refractivity contribution in [2.75, 3.05) is 20.3 Å². The number of hydrogen-bond acceptors (Lipinski definition) is 4. The lowest BCUT2D eigenvalue weighted by molar-refractivity contribution is 0.312. The van der Waals surface area contributed by atoms with Gasteiger partial charge in [0.15, 0.2) is 11.5 Å². The second-order valence-electron chi connectivity index (χ2n) is 4.81. The summed E-state index contributed by atoms with van der Waals surface area (Å²) in [6.45, 7) is 3.88. The number of phenols is 1. The van der Waals surface area contributed by atoms with E-state index >= 15 is 0 Å². The van der Waals surface area contributed by atoms with E-state index in [-0.39, 0.29) is 5.75 Å². The van der Waals surface area contributed by atoms with Crippen LogP contribution in [0.5, 0.6) is 17.2 Å². The minimum atomic E-state index is 0.187. The van der Waals surface area contributed by atoms with Crippen molar-refractivity contribution < 1.29 is 14.6 Å². The van der Waals surface area contributed by atoms with Crippen LogP contribution in [0.2, 0.25) is 0 Å². The molecule has 0 heterocycles. The van der Waals surface area contributed by atoms with Gasteiger partial charge >= 0.3 is 0 Å².